The molecular formula is C38H48N2O8. The van der Waals surface area contributed by atoms with Crippen molar-refractivity contribution in [1.82, 2.24) is 0 Å². The molecule has 258 valence electrons. The monoisotopic (exact) mass is 660 g/mol. The molecule has 2 unspecified atom stereocenters. The predicted octanol–water partition coefficient (Wildman–Crippen LogP) is 6.75. The summed E-state index contributed by atoms with van der Waals surface area (Å²) in [5.41, 5.74) is 9.01. The standard InChI is InChI=1S/C38H48N2O8/c1-3-11-33-29(9-1)25-31-27-36-32(28-35(31)39(33)47-23-19-41-17-21-45-37-13-5-7-15-43-37)26-30-10-2-4-12-34(30)40(36)48-24-20-42-18-22-46-38-14-6-8-16-44-38/h1-4,9-12,27-28,37-38H,5-8,13-26H2. The molecule has 10 heteroatoms. The van der Waals surface area contributed by atoms with Crippen molar-refractivity contribution in [1.29, 1.82) is 0 Å². The van der Waals surface area contributed by atoms with Crippen molar-refractivity contribution in [2.75, 3.05) is 76.2 Å². The van der Waals surface area contributed by atoms with E-state index in [0.717, 1.165) is 87.3 Å². The van der Waals surface area contributed by atoms with Gasteiger partial charge in [-0.15, -0.1) is 0 Å². The topological polar surface area (TPSA) is 80.3 Å². The van der Waals surface area contributed by atoms with Crippen LogP contribution in [0, 0.1) is 0 Å². The Hall–Kier alpha value is -3.06. The van der Waals surface area contributed by atoms with E-state index < -0.39 is 0 Å². The van der Waals surface area contributed by atoms with Crippen LogP contribution in [0.2, 0.25) is 0 Å². The molecule has 4 aliphatic heterocycles. The molecule has 0 aromatic heterocycles. The summed E-state index contributed by atoms with van der Waals surface area (Å²) in [6, 6.07) is 21.4. The predicted molar refractivity (Wildman–Crippen MR) is 182 cm³/mol. The molecule has 4 heterocycles. The SMILES string of the molecule is c1ccc2c(c1)Cc1cc3c(cc1N2OCCOCCOC1CCCCO1)Cc1ccccc1N3OCCOCCOC1CCCCO1. The largest absolute Gasteiger partial charge is 0.377 e. The van der Waals surface area contributed by atoms with Gasteiger partial charge in [-0.3, -0.25) is 9.68 Å². The molecule has 0 spiro atoms. The summed E-state index contributed by atoms with van der Waals surface area (Å²) in [6.45, 7) is 5.37. The molecule has 2 fully saturated rings. The van der Waals surface area contributed by atoms with Gasteiger partial charge in [0.15, 0.2) is 12.6 Å². The minimum atomic E-state index is -0.0980. The first-order valence-electron chi connectivity index (χ1n) is 17.6. The van der Waals surface area contributed by atoms with Gasteiger partial charge in [0.25, 0.3) is 0 Å². The van der Waals surface area contributed by atoms with Crippen molar-refractivity contribution in [3.05, 3.63) is 82.9 Å². The Balaban J connectivity index is 0.979. The third-order valence-corrected chi connectivity index (χ3v) is 9.13. The van der Waals surface area contributed by atoms with Crippen LogP contribution in [0.4, 0.5) is 22.7 Å². The van der Waals surface area contributed by atoms with E-state index in [-0.39, 0.29) is 12.6 Å². The highest BCUT2D eigenvalue weighted by Crippen LogP contribution is 2.46. The first-order chi connectivity index (χ1) is 23.8. The average molecular weight is 661 g/mol. The molecule has 3 aromatic carbocycles. The third kappa shape index (κ3) is 8.38. The summed E-state index contributed by atoms with van der Waals surface area (Å²) in [6.07, 6.45) is 7.86. The minimum Gasteiger partial charge on any atom is -0.377 e. The van der Waals surface area contributed by atoms with E-state index in [4.69, 9.17) is 38.1 Å². The second-order valence-corrected chi connectivity index (χ2v) is 12.5. The van der Waals surface area contributed by atoms with Crippen LogP contribution < -0.4 is 10.1 Å². The van der Waals surface area contributed by atoms with Crippen LogP contribution in [-0.4, -0.2) is 78.6 Å². The van der Waals surface area contributed by atoms with Gasteiger partial charge in [0.05, 0.1) is 75.6 Å². The maximum Gasteiger partial charge on any atom is 0.157 e. The molecule has 4 aliphatic rings. The normalized spacial score (nSPS) is 20.2. The van der Waals surface area contributed by atoms with Crippen molar-refractivity contribution >= 4 is 22.7 Å². The van der Waals surface area contributed by atoms with Crippen LogP contribution in [0.5, 0.6) is 0 Å². The summed E-state index contributed by atoms with van der Waals surface area (Å²) in [4.78, 5) is 12.9. The maximum atomic E-state index is 6.43. The average Bonchev–Trinajstić information content (AvgIpc) is 3.13. The zero-order valence-electron chi connectivity index (χ0n) is 27.8. The summed E-state index contributed by atoms with van der Waals surface area (Å²) >= 11 is 0. The Labute approximate surface area is 283 Å². The highest BCUT2D eigenvalue weighted by molar-refractivity contribution is 5.80. The van der Waals surface area contributed by atoms with E-state index in [2.05, 4.69) is 60.7 Å². The van der Waals surface area contributed by atoms with Gasteiger partial charge in [-0.1, -0.05) is 36.4 Å². The molecule has 7 rings (SSSR count). The lowest BCUT2D eigenvalue weighted by Crippen LogP contribution is -2.29. The Bertz CT molecular complexity index is 1350. The highest BCUT2D eigenvalue weighted by atomic mass is 16.7. The molecular weight excluding hydrogens is 612 g/mol. The smallest absolute Gasteiger partial charge is 0.157 e. The minimum absolute atomic E-state index is 0.0980. The second-order valence-electron chi connectivity index (χ2n) is 12.5. The van der Waals surface area contributed by atoms with Gasteiger partial charge in [-0.2, -0.15) is 0 Å². The third-order valence-electron chi connectivity index (χ3n) is 9.13. The zero-order valence-corrected chi connectivity index (χ0v) is 27.8. The van der Waals surface area contributed by atoms with Gasteiger partial charge in [0, 0.05) is 26.1 Å². The molecule has 0 saturated carbocycles. The van der Waals surface area contributed by atoms with Crippen molar-refractivity contribution < 1.29 is 38.1 Å². The molecule has 0 amide bonds. The number of nitrogens with zero attached hydrogens (tertiary/aromatic N) is 2. The number of hydrogen-bond donors (Lipinski definition) is 0. The number of para-hydroxylation sites is 2. The van der Waals surface area contributed by atoms with Crippen molar-refractivity contribution in [2.45, 2.75) is 63.9 Å². The summed E-state index contributed by atoms with van der Waals surface area (Å²) in [5, 5.41) is 3.95. The van der Waals surface area contributed by atoms with E-state index in [0.29, 0.717) is 52.9 Å². The van der Waals surface area contributed by atoms with Gasteiger partial charge < -0.3 is 28.4 Å². The fourth-order valence-corrected chi connectivity index (χ4v) is 6.73. The lowest BCUT2D eigenvalue weighted by atomic mass is 9.90. The second kappa shape index (κ2) is 17.0. The Morgan fingerprint density at radius 1 is 0.500 bits per heavy atom. The molecule has 10 nitrogen and oxygen atoms in total. The van der Waals surface area contributed by atoms with E-state index in [1.165, 1.54) is 22.3 Å². The van der Waals surface area contributed by atoms with Crippen molar-refractivity contribution in [2.24, 2.45) is 0 Å². The Kier molecular flexibility index (Phi) is 11.9. The molecule has 0 radical (unpaired) electrons. The van der Waals surface area contributed by atoms with Gasteiger partial charge >= 0.3 is 0 Å². The van der Waals surface area contributed by atoms with E-state index in [9.17, 15) is 0 Å². The molecule has 0 bridgehead atoms. The molecule has 2 saturated heterocycles. The molecule has 3 aromatic rings. The van der Waals surface area contributed by atoms with E-state index in [1.54, 1.807) is 0 Å². The molecule has 0 aliphatic carbocycles. The maximum absolute atomic E-state index is 6.43. The summed E-state index contributed by atoms with van der Waals surface area (Å²) in [7, 11) is 0. The van der Waals surface area contributed by atoms with Crippen molar-refractivity contribution in [3.8, 4) is 0 Å². The van der Waals surface area contributed by atoms with E-state index >= 15 is 0 Å². The number of fused-ring (bicyclic) bond motifs is 4. The van der Waals surface area contributed by atoms with Gasteiger partial charge in [-0.25, -0.2) is 10.1 Å². The number of ether oxygens (including phenoxy) is 6. The number of benzene rings is 3. The quantitative estimate of drug-likeness (QED) is 0.154. The molecule has 0 N–H and O–H groups in total. The molecule has 2 atom stereocenters. The van der Waals surface area contributed by atoms with Crippen LogP contribution >= 0.6 is 0 Å². The van der Waals surface area contributed by atoms with Crippen LogP contribution in [0.15, 0.2) is 60.7 Å². The first-order valence-corrected chi connectivity index (χ1v) is 17.6. The van der Waals surface area contributed by atoms with Gasteiger partial charge in [-0.05, 0) is 85.0 Å². The highest BCUT2D eigenvalue weighted by Gasteiger charge is 2.30. The fourth-order valence-electron chi connectivity index (χ4n) is 6.73. The lowest BCUT2D eigenvalue weighted by Gasteiger charge is -2.36. The van der Waals surface area contributed by atoms with Crippen LogP contribution in [0.1, 0.15) is 60.8 Å². The van der Waals surface area contributed by atoms with E-state index in [1.807, 2.05) is 10.1 Å². The summed E-state index contributed by atoms with van der Waals surface area (Å²) < 4.78 is 34.6. The molecule has 48 heavy (non-hydrogen) atoms. The van der Waals surface area contributed by atoms with Crippen molar-refractivity contribution in [3.63, 3.8) is 0 Å². The Morgan fingerprint density at radius 2 is 0.958 bits per heavy atom. The summed E-state index contributed by atoms with van der Waals surface area (Å²) in [5.74, 6) is 0. The van der Waals surface area contributed by atoms with Crippen LogP contribution in [-0.2, 0) is 50.9 Å². The number of rotatable bonds is 16. The number of anilines is 4. The lowest BCUT2D eigenvalue weighted by molar-refractivity contribution is -0.169. The Morgan fingerprint density at radius 3 is 1.42 bits per heavy atom. The van der Waals surface area contributed by atoms with Gasteiger partial charge in [0.2, 0.25) is 0 Å². The van der Waals surface area contributed by atoms with Crippen LogP contribution in [0.25, 0.3) is 0 Å². The fraction of sp³-hybridized carbons (Fsp3) is 0.526. The van der Waals surface area contributed by atoms with Crippen LogP contribution in [0.3, 0.4) is 0 Å². The zero-order chi connectivity index (χ0) is 32.4. The first kappa shape index (κ1) is 33.4. The number of hydrogen-bond acceptors (Lipinski definition) is 10. The van der Waals surface area contributed by atoms with Gasteiger partial charge in [0.1, 0.15) is 0 Å².